The van der Waals surface area contributed by atoms with Gasteiger partial charge in [0.2, 0.25) is 0 Å². The molecule has 0 unspecified atom stereocenters. The molecule has 0 aliphatic heterocycles. The Morgan fingerprint density at radius 3 is 2.25 bits per heavy atom. The van der Waals surface area contributed by atoms with Crippen LogP contribution in [-0.2, 0) is 0 Å². The van der Waals surface area contributed by atoms with Crippen LogP contribution in [0.4, 0.5) is 0 Å². The highest BCUT2D eigenvalue weighted by molar-refractivity contribution is 6.14. The predicted molar refractivity (Wildman–Crippen MR) is 101 cm³/mol. The van der Waals surface area contributed by atoms with E-state index in [2.05, 4.69) is 79.7 Å². The summed E-state index contributed by atoms with van der Waals surface area (Å²) in [4.78, 5) is 0. The summed E-state index contributed by atoms with van der Waals surface area (Å²) in [6.45, 7) is 2.15. The van der Waals surface area contributed by atoms with Crippen LogP contribution in [0.1, 0.15) is 5.56 Å². The van der Waals surface area contributed by atoms with E-state index >= 15 is 0 Å². The van der Waals surface area contributed by atoms with Gasteiger partial charge in [-0.15, -0.1) is 0 Å². The van der Waals surface area contributed by atoms with Crippen LogP contribution in [-0.4, -0.2) is 0 Å². The minimum Gasteiger partial charge on any atom is -0.456 e. The number of fused-ring (bicyclic) bond motifs is 4. The molecule has 4 aromatic carbocycles. The van der Waals surface area contributed by atoms with Crippen molar-refractivity contribution >= 4 is 32.7 Å². The number of aryl methyl sites for hydroxylation is 1. The zero-order valence-corrected chi connectivity index (χ0v) is 13.4. The van der Waals surface area contributed by atoms with Crippen LogP contribution < -0.4 is 0 Å². The molecule has 0 saturated carbocycles. The highest BCUT2D eigenvalue weighted by atomic mass is 16.3. The summed E-state index contributed by atoms with van der Waals surface area (Å²) in [5.74, 6) is 0. The van der Waals surface area contributed by atoms with E-state index in [0.29, 0.717) is 0 Å². The van der Waals surface area contributed by atoms with Gasteiger partial charge in [-0.3, -0.25) is 0 Å². The quantitative estimate of drug-likeness (QED) is 0.335. The zero-order valence-electron chi connectivity index (χ0n) is 13.4. The number of benzene rings is 4. The van der Waals surface area contributed by atoms with Crippen molar-refractivity contribution in [1.29, 1.82) is 0 Å². The van der Waals surface area contributed by atoms with Gasteiger partial charge in [0.1, 0.15) is 11.2 Å². The molecular weight excluding hydrogens is 292 g/mol. The molecule has 0 amide bonds. The average Bonchev–Trinajstić information content (AvgIpc) is 3.01. The zero-order chi connectivity index (χ0) is 16.1. The van der Waals surface area contributed by atoms with Crippen molar-refractivity contribution in [3.8, 4) is 11.1 Å². The predicted octanol–water partition coefficient (Wildman–Crippen LogP) is 6.71. The molecule has 1 heteroatoms. The maximum absolute atomic E-state index is 6.08. The lowest BCUT2D eigenvalue weighted by Gasteiger charge is -2.06. The van der Waals surface area contributed by atoms with E-state index < -0.39 is 0 Å². The molecule has 114 valence electrons. The van der Waals surface area contributed by atoms with E-state index in [4.69, 9.17) is 4.42 Å². The lowest BCUT2D eigenvalue weighted by Crippen LogP contribution is -1.82. The van der Waals surface area contributed by atoms with Crippen molar-refractivity contribution in [1.82, 2.24) is 0 Å². The molecular formula is C23H16O. The second-order valence-electron chi connectivity index (χ2n) is 6.29. The van der Waals surface area contributed by atoms with Crippen molar-refractivity contribution in [2.45, 2.75) is 6.92 Å². The molecule has 0 fully saturated rings. The monoisotopic (exact) mass is 308 g/mol. The maximum Gasteiger partial charge on any atom is 0.136 e. The second kappa shape index (κ2) is 4.97. The van der Waals surface area contributed by atoms with Gasteiger partial charge in [0.25, 0.3) is 0 Å². The van der Waals surface area contributed by atoms with Crippen LogP contribution in [0.3, 0.4) is 0 Å². The third kappa shape index (κ3) is 1.88. The number of hydrogen-bond acceptors (Lipinski definition) is 1. The molecule has 0 saturated heterocycles. The largest absolute Gasteiger partial charge is 0.456 e. The van der Waals surface area contributed by atoms with Crippen LogP contribution in [0.25, 0.3) is 43.8 Å². The minimum absolute atomic E-state index is 0.949. The van der Waals surface area contributed by atoms with Crippen LogP contribution in [0, 0.1) is 6.92 Å². The third-order valence-electron chi connectivity index (χ3n) is 4.79. The lowest BCUT2D eigenvalue weighted by atomic mass is 9.96. The molecule has 0 aliphatic rings. The molecule has 24 heavy (non-hydrogen) atoms. The smallest absolute Gasteiger partial charge is 0.136 e. The first-order valence-electron chi connectivity index (χ1n) is 8.21. The summed E-state index contributed by atoms with van der Waals surface area (Å²) in [6, 6.07) is 27.7. The first-order valence-corrected chi connectivity index (χ1v) is 8.21. The Bertz CT molecular complexity index is 1210. The van der Waals surface area contributed by atoms with E-state index in [1.54, 1.807) is 0 Å². The standard InChI is InChI=1S/C23H16O/c1-15-6-4-10-20-22(15)23-19(9-5-11-21(23)24-20)18-13-12-16-7-2-3-8-17(16)14-18/h2-14H,1H3. The van der Waals surface area contributed by atoms with Gasteiger partial charge in [0.15, 0.2) is 0 Å². The van der Waals surface area contributed by atoms with E-state index in [1.807, 2.05) is 6.07 Å². The third-order valence-corrected chi connectivity index (χ3v) is 4.79. The molecule has 0 bridgehead atoms. The van der Waals surface area contributed by atoms with Gasteiger partial charge < -0.3 is 4.42 Å². The molecule has 0 atom stereocenters. The van der Waals surface area contributed by atoms with E-state index in [-0.39, 0.29) is 0 Å². The highest BCUT2D eigenvalue weighted by Crippen LogP contribution is 2.38. The highest BCUT2D eigenvalue weighted by Gasteiger charge is 2.13. The van der Waals surface area contributed by atoms with Crippen molar-refractivity contribution in [3.05, 3.63) is 84.4 Å². The maximum atomic E-state index is 6.08. The Labute approximate surface area is 140 Å². The fourth-order valence-corrected chi connectivity index (χ4v) is 3.64. The van der Waals surface area contributed by atoms with Crippen molar-refractivity contribution in [2.75, 3.05) is 0 Å². The van der Waals surface area contributed by atoms with Crippen LogP contribution in [0.2, 0.25) is 0 Å². The van der Waals surface area contributed by atoms with Crippen LogP contribution in [0.5, 0.6) is 0 Å². The summed E-state index contributed by atoms with van der Waals surface area (Å²) in [5.41, 5.74) is 5.61. The van der Waals surface area contributed by atoms with Gasteiger partial charge in [-0.1, -0.05) is 60.7 Å². The van der Waals surface area contributed by atoms with Gasteiger partial charge in [0, 0.05) is 10.8 Å². The number of furan rings is 1. The molecule has 5 rings (SSSR count). The molecule has 0 radical (unpaired) electrons. The van der Waals surface area contributed by atoms with Crippen molar-refractivity contribution in [3.63, 3.8) is 0 Å². The molecule has 0 aliphatic carbocycles. The van der Waals surface area contributed by atoms with Crippen molar-refractivity contribution in [2.24, 2.45) is 0 Å². The average molecular weight is 308 g/mol. The first kappa shape index (κ1) is 13.4. The van der Waals surface area contributed by atoms with E-state index in [9.17, 15) is 0 Å². The summed E-state index contributed by atoms with van der Waals surface area (Å²) >= 11 is 0. The van der Waals surface area contributed by atoms with Crippen LogP contribution in [0.15, 0.2) is 83.3 Å². The number of hydrogen-bond donors (Lipinski definition) is 0. The van der Waals surface area contributed by atoms with Gasteiger partial charge in [-0.25, -0.2) is 0 Å². The Balaban J connectivity index is 1.89. The Morgan fingerprint density at radius 2 is 1.38 bits per heavy atom. The minimum atomic E-state index is 0.949. The molecule has 1 heterocycles. The topological polar surface area (TPSA) is 13.1 Å². The van der Waals surface area contributed by atoms with E-state index in [0.717, 1.165) is 11.2 Å². The molecule has 1 aromatic heterocycles. The molecule has 0 N–H and O–H groups in total. The fourth-order valence-electron chi connectivity index (χ4n) is 3.64. The Hall–Kier alpha value is -3.06. The van der Waals surface area contributed by atoms with Gasteiger partial charge in [-0.2, -0.15) is 0 Å². The van der Waals surface area contributed by atoms with E-state index in [1.165, 1.54) is 38.2 Å². The molecule has 1 nitrogen and oxygen atoms in total. The second-order valence-corrected chi connectivity index (χ2v) is 6.29. The SMILES string of the molecule is Cc1cccc2oc3cccc(-c4ccc5ccccc5c4)c3c12. The lowest BCUT2D eigenvalue weighted by molar-refractivity contribution is 0.669. The summed E-state index contributed by atoms with van der Waals surface area (Å²) in [5, 5.41) is 4.95. The Morgan fingerprint density at radius 1 is 0.625 bits per heavy atom. The van der Waals surface area contributed by atoms with Gasteiger partial charge in [0.05, 0.1) is 0 Å². The molecule has 5 aromatic rings. The molecule has 0 spiro atoms. The van der Waals surface area contributed by atoms with Crippen molar-refractivity contribution < 1.29 is 4.42 Å². The Kier molecular flexibility index (Phi) is 2.77. The first-order chi connectivity index (χ1) is 11.8. The fraction of sp³-hybridized carbons (Fsp3) is 0.0435. The summed E-state index contributed by atoms with van der Waals surface area (Å²) < 4.78 is 6.08. The summed E-state index contributed by atoms with van der Waals surface area (Å²) in [7, 11) is 0. The van der Waals surface area contributed by atoms with Crippen LogP contribution >= 0.6 is 0 Å². The summed E-state index contributed by atoms with van der Waals surface area (Å²) in [6.07, 6.45) is 0. The normalized spacial score (nSPS) is 11.5. The van der Waals surface area contributed by atoms with Gasteiger partial charge in [-0.05, 0) is 52.6 Å². The van der Waals surface area contributed by atoms with Gasteiger partial charge >= 0.3 is 0 Å². The number of rotatable bonds is 1.